The third-order valence-electron chi connectivity index (χ3n) is 6.91. The highest BCUT2D eigenvalue weighted by Crippen LogP contribution is 2.31. The summed E-state index contributed by atoms with van der Waals surface area (Å²) in [4.78, 5) is 22.8. The van der Waals surface area contributed by atoms with E-state index in [4.69, 9.17) is 4.74 Å². The number of pyridine rings is 1. The molecule has 1 aliphatic rings. The number of carbonyl (C=O) groups is 1. The van der Waals surface area contributed by atoms with Crippen LogP contribution < -0.4 is 15.0 Å². The average molecular weight is 496 g/mol. The normalized spacial score (nSPS) is 14.0. The summed E-state index contributed by atoms with van der Waals surface area (Å²) in [6, 6.07) is 25.0. The Morgan fingerprint density at radius 2 is 1.62 bits per heavy atom. The van der Waals surface area contributed by atoms with Crippen LogP contribution in [0.5, 0.6) is 5.75 Å². The molecular formula is C30H33N5O2. The maximum absolute atomic E-state index is 12.0. The van der Waals surface area contributed by atoms with Crippen molar-refractivity contribution in [2.45, 2.75) is 0 Å². The minimum atomic E-state index is 0.156. The van der Waals surface area contributed by atoms with Crippen LogP contribution in [0.25, 0.3) is 22.0 Å². The number of carbonyl (C=O) groups excluding carboxylic acids is 1. The van der Waals surface area contributed by atoms with E-state index in [1.165, 1.54) is 5.69 Å². The zero-order valence-electron chi connectivity index (χ0n) is 21.6. The Kier molecular flexibility index (Phi) is 7.23. The fourth-order valence-corrected chi connectivity index (χ4v) is 4.63. The molecule has 0 unspecified atom stereocenters. The third-order valence-corrected chi connectivity index (χ3v) is 6.91. The van der Waals surface area contributed by atoms with Gasteiger partial charge in [0.1, 0.15) is 5.75 Å². The lowest BCUT2D eigenvalue weighted by atomic mass is 10.0. The van der Waals surface area contributed by atoms with Gasteiger partial charge < -0.3 is 19.9 Å². The van der Waals surface area contributed by atoms with Crippen molar-refractivity contribution in [3.63, 3.8) is 0 Å². The quantitative estimate of drug-likeness (QED) is 0.395. The summed E-state index contributed by atoms with van der Waals surface area (Å²) in [6.07, 6.45) is 1.84. The van der Waals surface area contributed by atoms with E-state index < -0.39 is 0 Å². The number of nitrogens with one attached hydrogen (secondary N) is 1. The van der Waals surface area contributed by atoms with E-state index in [0.717, 1.165) is 65.3 Å². The van der Waals surface area contributed by atoms with Crippen molar-refractivity contribution in [2.75, 3.05) is 64.1 Å². The minimum Gasteiger partial charge on any atom is -0.497 e. The van der Waals surface area contributed by atoms with Gasteiger partial charge in [-0.3, -0.25) is 14.7 Å². The van der Waals surface area contributed by atoms with E-state index in [0.29, 0.717) is 6.54 Å². The molecule has 0 atom stereocenters. The Hall–Kier alpha value is -4.10. The molecule has 0 bridgehead atoms. The van der Waals surface area contributed by atoms with Crippen molar-refractivity contribution in [1.82, 2.24) is 14.8 Å². The maximum Gasteiger partial charge on any atom is 0.236 e. The van der Waals surface area contributed by atoms with Crippen LogP contribution in [0.3, 0.4) is 0 Å². The molecule has 1 saturated heterocycles. The summed E-state index contributed by atoms with van der Waals surface area (Å²) in [5, 5.41) is 4.66. The first-order valence-corrected chi connectivity index (χ1v) is 12.6. The second-order valence-corrected chi connectivity index (χ2v) is 9.54. The topological polar surface area (TPSA) is 60.9 Å². The molecule has 7 heteroatoms. The summed E-state index contributed by atoms with van der Waals surface area (Å²) in [7, 11) is 5.30. The molecule has 37 heavy (non-hydrogen) atoms. The minimum absolute atomic E-state index is 0.156. The molecular weight excluding hydrogens is 462 g/mol. The number of benzene rings is 3. The highest BCUT2D eigenvalue weighted by Gasteiger charge is 2.20. The van der Waals surface area contributed by atoms with Crippen molar-refractivity contribution < 1.29 is 9.53 Å². The Morgan fingerprint density at radius 3 is 2.30 bits per heavy atom. The maximum atomic E-state index is 12.0. The number of aromatic nitrogens is 1. The Bertz CT molecular complexity index is 1360. The lowest BCUT2D eigenvalue weighted by molar-refractivity contribution is -0.129. The third kappa shape index (κ3) is 5.67. The van der Waals surface area contributed by atoms with Crippen LogP contribution in [0.15, 0.2) is 79.0 Å². The second-order valence-electron chi connectivity index (χ2n) is 9.54. The lowest BCUT2D eigenvalue weighted by Gasteiger charge is -2.36. The first-order chi connectivity index (χ1) is 18.0. The molecule has 1 aliphatic heterocycles. The molecule has 1 amide bonds. The lowest BCUT2D eigenvalue weighted by Crippen LogP contribution is -2.49. The van der Waals surface area contributed by atoms with Gasteiger partial charge >= 0.3 is 0 Å². The average Bonchev–Trinajstić information content (AvgIpc) is 2.94. The van der Waals surface area contributed by atoms with Crippen LogP contribution in [0.4, 0.5) is 17.1 Å². The van der Waals surface area contributed by atoms with Crippen molar-refractivity contribution in [1.29, 1.82) is 0 Å². The number of ether oxygens (including phenoxy) is 1. The number of likely N-dealkylation sites (N-methyl/N-ethyl adjacent to an activating group) is 1. The van der Waals surface area contributed by atoms with Gasteiger partial charge in [-0.1, -0.05) is 18.2 Å². The van der Waals surface area contributed by atoms with Crippen LogP contribution in [-0.4, -0.2) is 74.6 Å². The van der Waals surface area contributed by atoms with Gasteiger partial charge in [-0.25, -0.2) is 0 Å². The Balaban J connectivity index is 1.28. The van der Waals surface area contributed by atoms with Gasteiger partial charge in [0.2, 0.25) is 5.91 Å². The van der Waals surface area contributed by atoms with Crippen LogP contribution in [-0.2, 0) is 4.79 Å². The first kappa shape index (κ1) is 24.6. The molecule has 0 radical (unpaired) electrons. The van der Waals surface area contributed by atoms with Crippen LogP contribution in [0.1, 0.15) is 0 Å². The predicted octanol–water partition coefficient (Wildman–Crippen LogP) is 4.86. The highest BCUT2D eigenvalue weighted by atomic mass is 16.5. The fraction of sp³-hybridized carbons (Fsp3) is 0.267. The Labute approximate surface area is 218 Å². The van der Waals surface area contributed by atoms with E-state index in [2.05, 4.69) is 74.7 Å². The molecule has 5 rings (SSSR count). The van der Waals surface area contributed by atoms with Crippen molar-refractivity contribution in [2.24, 2.45) is 0 Å². The summed E-state index contributed by atoms with van der Waals surface area (Å²) in [6.45, 7) is 4.09. The number of fused-ring (bicyclic) bond motifs is 1. The summed E-state index contributed by atoms with van der Waals surface area (Å²) < 4.78 is 5.30. The molecule has 7 nitrogen and oxygen atoms in total. The van der Waals surface area contributed by atoms with Crippen molar-refractivity contribution in [3.05, 3.63) is 79.0 Å². The number of methoxy groups -OCH3 is 1. The molecule has 3 aromatic carbocycles. The number of hydrogen-bond acceptors (Lipinski definition) is 6. The van der Waals surface area contributed by atoms with Gasteiger partial charge in [-0.05, 0) is 65.7 Å². The second kappa shape index (κ2) is 10.9. The van der Waals surface area contributed by atoms with E-state index in [1.54, 1.807) is 12.0 Å². The van der Waals surface area contributed by atoms with Gasteiger partial charge in [0.25, 0.3) is 0 Å². The molecule has 1 aromatic heterocycles. The van der Waals surface area contributed by atoms with Gasteiger partial charge in [-0.2, -0.15) is 0 Å². The van der Waals surface area contributed by atoms with Gasteiger partial charge in [0.05, 0.1) is 19.2 Å². The molecule has 0 aliphatic carbocycles. The number of nitrogens with zero attached hydrogens (tertiary/aromatic N) is 4. The molecule has 1 fully saturated rings. The summed E-state index contributed by atoms with van der Waals surface area (Å²) in [5.41, 5.74) is 6.46. The first-order valence-electron chi connectivity index (χ1n) is 12.6. The molecule has 1 N–H and O–H groups in total. The molecule has 0 saturated carbocycles. The van der Waals surface area contributed by atoms with E-state index in [-0.39, 0.29) is 5.91 Å². The van der Waals surface area contributed by atoms with Gasteiger partial charge in [0.15, 0.2) is 0 Å². The summed E-state index contributed by atoms with van der Waals surface area (Å²) >= 11 is 0. The van der Waals surface area contributed by atoms with E-state index in [1.807, 2.05) is 38.5 Å². The zero-order chi connectivity index (χ0) is 25.8. The zero-order valence-corrected chi connectivity index (χ0v) is 21.6. The van der Waals surface area contributed by atoms with Gasteiger partial charge in [-0.15, -0.1) is 0 Å². The smallest absolute Gasteiger partial charge is 0.236 e. The number of amides is 1. The largest absolute Gasteiger partial charge is 0.497 e. The molecule has 2 heterocycles. The molecule has 4 aromatic rings. The van der Waals surface area contributed by atoms with Gasteiger partial charge in [0, 0.05) is 68.9 Å². The Morgan fingerprint density at radius 1 is 0.919 bits per heavy atom. The fourth-order valence-electron chi connectivity index (χ4n) is 4.63. The van der Waals surface area contributed by atoms with Crippen LogP contribution >= 0.6 is 0 Å². The number of piperazine rings is 1. The molecule has 190 valence electrons. The predicted molar refractivity (Wildman–Crippen MR) is 151 cm³/mol. The molecule has 0 spiro atoms. The standard InChI is InChI=1S/C30H33N5O2/c1-33(2)30(36)21-34-16-18-35(19-17-34)25-9-7-24(8-10-25)32-29-14-15-31-28-13-6-23(20-27(28)29)22-4-11-26(37-3)12-5-22/h4-15,20H,16-19,21H2,1-3H3,(H,31,32). The van der Waals surface area contributed by atoms with Crippen LogP contribution in [0, 0.1) is 0 Å². The van der Waals surface area contributed by atoms with Crippen molar-refractivity contribution >= 4 is 33.9 Å². The number of anilines is 3. The number of rotatable bonds is 7. The van der Waals surface area contributed by atoms with E-state index >= 15 is 0 Å². The van der Waals surface area contributed by atoms with Crippen LogP contribution in [0.2, 0.25) is 0 Å². The van der Waals surface area contributed by atoms with E-state index in [9.17, 15) is 4.79 Å². The van der Waals surface area contributed by atoms with Crippen molar-refractivity contribution in [3.8, 4) is 16.9 Å². The summed E-state index contributed by atoms with van der Waals surface area (Å²) in [5.74, 6) is 1.00. The SMILES string of the molecule is COc1ccc(-c2ccc3nccc(Nc4ccc(N5CCN(CC(=O)N(C)C)CC5)cc4)c3c2)cc1. The highest BCUT2D eigenvalue weighted by molar-refractivity contribution is 5.95. The monoisotopic (exact) mass is 495 g/mol. The number of hydrogen-bond donors (Lipinski definition) is 1.